The third-order valence-electron chi connectivity index (χ3n) is 5.75. The van der Waals surface area contributed by atoms with Crippen LogP contribution in [0.1, 0.15) is 92.2 Å². The number of unbranched alkanes of at least 4 members (excludes halogenated alkanes) is 1. The zero-order chi connectivity index (χ0) is 28.1. The molecule has 1 aliphatic carbocycles. The zero-order valence-corrected chi connectivity index (χ0v) is 25.5. The number of hydrogen-bond acceptors (Lipinski definition) is 1. The van der Waals surface area contributed by atoms with E-state index in [1.165, 1.54) is 54.5 Å². The molecule has 2 aromatic carbocycles. The van der Waals surface area contributed by atoms with Gasteiger partial charge in [-0.25, -0.2) is 0 Å². The normalized spacial score (nSPS) is 13.0. The first-order valence-corrected chi connectivity index (χ1v) is 13.9. The molecule has 0 aromatic heterocycles. The van der Waals surface area contributed by atoms with E-state index < -0.39 is 0 Å². The summed E-state index contributed by atoms with van der Waals surface area (Å²) in [6, 6.07) is 17.4. The van der Waals surface area contributed by atoms with Crippen LogP contribution in [0.15, 0.2) is 79.9 Å². The van der Waals surface area contributed by atoms with Crippen LogP contribution in [-0.4, -0.2) is 25.5 Å². The maximum Gasteiger partial charge on any atom is 0.0129 e. The fourth-order valence-electron chi connectivity index (χ4n) is 3.56. The van der Waals surface area contributed by atoms with Gasteiger partial charge in [0.1, 0.15) is 0 Å². The predicted molar refractivity (Wildman–Crippen MR) is 169 cm³/mol. The van der Waals surface area contributed by atoms with Crippen molar-refractivity contribution in [2.24, 2.45) is 5.92 Å². The lowest BCUT2D eigenvalue weighted by Gasteiger charge is -2.27. The van der Waals surface area contributed by atoms with E-state index in [-0.39, 0.29) is 5.41 Å². The third kappa shape index (κ3) is 14.2. The van der Waals surface area contributed by atoms with Gasteiger partial charge in [0.2, 0.25) is 0 Å². The first-order chi connectivity index (χ1) is 17.2. The summed E-state index contributed by atoms with van der Waals surface area (Å²) in [5.41, 5.74) is 6.32. The third-order valence-corrected chi connectivity index (χ3v) is 5.75. The molecule has 0 bridgehead atoms. The number of allylic oxidation sites excluding steroid dienone is 2. The molecule has 0 N–H and O–H groups in total. The summed E-state index contributed by atoms with van der Waals surface area (Å²) in [4.78, 5) is 2.21. The predicted octanol–water partition coefficient (Wildman–Crippen LogP) is 10.8. The minimum Gasteiger partial charge on any atom is -0.309 e. The molecule has 1 fully saturated rings. The van der Waals surface area contributed by atoms with Crippen molar-refractivity contribution in [2.45, 2.75) is 86.5 Å². The quantitative estimate of drug-likeness (QED) is 0.332. The van der Waals surface area contributed by atoms with Gasteiger partial charge in [-0.05, 0) is 88.0 Å². The molecule has 202 valence electrons. The second kappa shape index (κ2) is 20.8. The highest BCUT2D eigenvalue weighted by Gasteiger charge is 2.40. The van der Waals surface area contributed by atoms with E-state index >= 15 is 0 Å². The Kier molecular flexibility index (Phi) is 20.6. The first kappa shape index (κ1) is 35.8. The van der Waals surface area contributed by atoms with E-state index in [1.807, 2.05) is 47.6 Å². The van der Waals surface area contributed by atoms with E-state index in [0.29, 0.717) is 0 Å². The monoisotopic (exact) mass is 491 g/mol. The Morgan fingerprint density at radius 1 is 0.944 bits per heavy atom. The van der Waals surface area contributed by atoms with Crippen molar-refractivity contribution < 1.29 is 0 Å². The average molecular weight is 492 g/mol. The Morgan fingerprint density at radius 3 is 1.83 bits per heavy atom. The summed E-state index contributed by atoms with van der Waals surface area (Å²) in [6.45, 7) is 29.2. The van der Waals surface area contributed by atoms with Crippen LogP contribution in [0.5, 0.6) is 0 Å². The summed E-state index contributed by atoms with van der Waals surface area (Å²) in [6.07, 6.45) is 9.29. The maximum absolute atomic E-state index is 4.09. The Labute approximate surface area is 226 Å². The SMILES string of the molecule is C=C(C)C.C=Cc1cccc(-c2cccc(C(C)(C=C)C3CC3)c2)c1.CC.CC.CCCCN(C)C. The van der Waals surface area contributed by atoms with E-state index in [4.69, 9.17) is 0 Å². The van der Waals surface area contributed by atoms with Gasteiger partial charge in [-0.1, -0.05) is 115 Å². The van der Waals surface area contributed by atoms with Crippen molar-refractivity contribution in [3.63, 3.8) is 0 Å². The summed E-state index contributed by atoms with van der Waals surface area (Å²) < 4.78 is 0. The van der Waals surface area contributed by atoms with Crippen LogP contribution < -0.4 is 0 Å². The minimum atomic E-state index is 0.103. The van der Waals surface area contributed by atoms with Gasteiger partial charge in [-0.15, -0.1) is 13.2 Å². The standard InChI is InChI=1S/C21H22.C6H15N.C4H8.2C2H6/c1-4-16-8-6-9-17(14-16)18-10-7-11-20(15-18)21(3,5-2)19-12-13-19;1-4-5-6-7(2)3;1-4(2)3;2*1-2/h4-11,14-15,19H,1-2,12-13H2,3H3;4-6H2,1-3H3;1H2,2-3H3;2*1-2H3. The molecule has 3 rings (SSSR count). The summed E-state index contributed by atoms with van der Waals surface area (Å²) in [5.74, 6) is 0.754. The molecule has 0 heterocycles. The van der Waals surface area contributed by atoms with E-state index in [0.717, 1.165) is 11.5 Å². The van der Waals surface area contributed by atoms with Crippen molar-refractivity contribution in [2.75, 3.05) is 20.6 Å². The van der Waals surface area contributed by atoms with Crippen molar-refractivity contribution >= 4 is 6.08 Å². The van der Waals surface area contributed by atoms with Crippen LogP contribution in [0.3, 0.4) is 0 Å². The van der Waals surface area contributed by atoms with Crippen LogP contribution in [-0.2, 0) is 5.41 Å². The van der Waals surface area contributed by atoms with Crippen LogP contribution in [0.4, 0.5) is 0 Å². The van der Waals surface area contributed by atoms with Gasteiger partial charge in [0.05, 0.1) is 0 Å². The van der Waals surface area contributed by atoms with Crippen molar-refractivity contribution in [3.05, 3.63) is 91.0 Å². The Bertz CT molecular complexity index is 852. The Balaban J connectivity index is 0. The van der Waals surface area contributed by atoms with Gasteiger partial charge in [-0.3, -0.25) is 0 Å². The summed E-state index contributed by atoms with van der Waals surface area (Å²) in [5, 5.41) is 0. The molecule has 1 heteroatoms. The molecule has 0 saturated heterocycles. The maximum atomic E-state index is 4.09. The number of hydrogen-bond donors (Lipinski definition) is 0. The second-order valence-corrected chi connectivity index (χ2v) is 9.54. The topological polar surface area (TPSA) is 3.24 Å². The Morgan fingerprint density at radius 2 is 1.44 bits per heavy atom. The van der Waals surface area contributed by atoms with Gasteiger partial charge in [0, 0.05) is 5.41 Å². The fraction of sp³-hybridized carbons (Fsp3) is 0.486. The molecular weight excluding hydrogens is 434 g/mol. The lowest BCUT2D eigenvalue weighted by Crippen LogP contribution is -2.21. The molecule has 1 atom stereocenters. The summed E-state index contributed by atoms with van der Waals surface area (Å²) in [7, 11) is 4.21. The lowest BCUT2D eigenvalue weighted by atomic mass is 9.77. The van der Waals surface area contributed by atoms with Crippen LogP contribution >= 0.6 is 0 Å². The van der Waals surface area contributed by atoms with Crippen molar-refractivity contribution in [3.8, 4) is 11.1 Å². The van der Waals surface area contributed by atoms with E-state index in [2.05, 4.69) is 107 Å². The minimum absolute atomic E-state index is 0.103. The molecule has 0 radical (unpaired) electrons. The highest BCUT2D eigenvalue weighted by molar-refractivity contribution is 5.68. The zero-order valence-electron chi connectivity index (χ0n) is 25.5. The molecule has 36 heavy (non-hydrogen) atoms. The molecular formula is C35H57N. The Hall–Kier alpha value is -2.38. The van der Waals surface area contributed by atoms with Gasteiger partial charge in [-0.2, -0.15) is 0 Å². The summed E-state index contributed by atoms with van der Waals surface area (Å²) >= 11 is 0. The number of benzene rings is 2. The highest BCUT2D eigenvalue weighted by Crippen LogP contribution is 2.48. The van der Waals surface area contributed by atoms with Crippen LogP contribution in [0, 0.1) is 5.92 Å². The molecule has 0 spiro atoms. The van der Waals surface area contributed by atoms with Gasteiger partial charge in [0.25, 0.3) is 0 Å². The van der Waals surface area contributed by atoms with Gasteiger partial charge in [0.15, 0.2) is 0 Å². The van der Waals surface area contributed by atoms with Gasteiger partial charge >= 0.3 is 0 Å². The molecule has 1 saturated carbocycles. The van der Waals surface area contributed by atoms with Crippen molar-refractivity contribution in [1.82, 2.24) is 4.90 Å². The smallest absolute Gasteiger partial charge is 0.0129 e. The lowest BCUT2D eigenvalue weighted by molar-refractivity contribution is 0.398. The largest absolute Gasteiger partial charge is 0.309 e. The van der Waals surface area contributed by atoms with Gasteiger partial charge < -0.3 is 4.90 Å². The van der Waals surface area contributed by atoms with E-state index in [9.17, 15) is 0 Å². The molecule has 1 unspecified atom stereocenters. The molecule has 2 aromatic rings. The second-order valence-electron chi connectivity index (χ2n) is 9.54. The number of nitrogens with zero attached hydrogens (tertiary/aromatic N) is 1. The molecule has 1 nitrogen and oxygen atoms in total. The first-order valence-electron chi connectivity index (χ1n) is 13.9. The van der Waals surface area contributed by atoms with Crippen molar-refractivity contribution in [1.29, 1.82) is 0 Å². The fourth-order valence-corrected chi connectivity index (χ4v) is 3.56. The molecule has 0 amide bonds. The molecule has 0 aliphatic heterocycles. The highest BCUT2D eigenvalue weighted by atomic mass is 15.0. The molecule has 1 aliphatic rings. The van der Waals surface area contributed by atoms with E-state index in [1.54, 1.807) is 0 Å². The number of rotatable bonds is 8. The van der Waals surface area contributed by atoms with Crippen LogP contribution in [0.2, 0.25) is 0 Å². The van der Waals surface area contributed by atoms with Crippen LogP contribution in [0.25, 0.3) is 17.2 Å². The average Bonchev–Trinajstić information content (AvgIpc) is 3.76.